The van der Waals surface area contributed by atoms with Gasteiger partial charge in [0.1, 0.15) is 12.1 Å². The van der Waals surface area contributed by atoms with Crippen molar-refractivity contribution in [3.05, 3.63) is 42.0 Å². The summed E-state index contributed by atoms with van der Waals surface area (Å²) >= 11 is 0. The zero-order chi connectivity index (χ0) is 13.1. The number of benzene rings is 1. The van der Waals surface area contributed by atoms with Crippen LogP contribution in [0.2, 0.25) is 0 Å². The molecule has 0 amide bonds. The Morgan fingerprint density at radius 2 is 2.06 bits per heavy atom. The number of ether oxygens (including phenoxy) is 1. The summed E-state index contributed by atoms with van der Waals surface area (Å²) in [4.78, 5) is 15.7. The third-order valence-corrected chi connectivity index (χ3v) is 2.60. The van der Waals surface area contributed by atoms with Crippen molar-refractivity contribution in [2.75, 3.05) is 6.61 Å². The van der Waals surface area contributed by atoms with Gasteiger partial charge in [-0.3, -0.25) is 0 Å². The van der Waals surface area contributed by atoms with Crippen molar-refractivity contribution in [3.63, 3.8) is 0 Å². The standard InChI is InChI=1S/C13H14N2O3/c1-3-18-13(17)12-9(2)15(8-14-12)10-4-6-11(16)7-5-10/h4-8,16H,3H2,1-2H3. The summed E-state index contributed by atoms with van der Waals surface area (Å²) in [6, 6.07) is 6.66. The van der Waals surface area contributed by atoms with E-state index in [9.17, 15) is 9.90 Å². The fraction of sp³-hybridized carbons (Fsp3) is 0.231. The van der Waals surface area contributed by atoms with E-state index in [1.165, 1.54) is 0 Å². The van der Waals surface area contributed by atoms with E-state index in [2.05, 4.69) is 4.98 Å². The molecule has 1 heterocycles. The number of hydrogen-bond donors (Lipinski definition) is 1. The number of aromatic hydroxyl groups is 1. The smallest absolute Gasteiger partial charge is 0.358 e. The second-order valence-electron chi connectivity index (χ2n) is 3.79. The second kappa shape index (κ2) is 4.91. The number of hydrogen-bond acceptors (Lipinski definition) is 4. The maximum Gasteiger partial charge on any atom is 0.358 e. The molecule has 2 aromatic rings. The van der Waals surface area contributed by atoms with E-state index < -0.39 is 5.97 Å². The first kappa shape index (κ1) is 12.2. The molecule has 5 nitrogen and oxygen atoms in total. The average molecular weight is 246 g/mol. The zero-order valence-electron chi connectivity index (χ0n) is 10.3. The van der Waals surface area contributed by atoms with E-state index in [0.717, 1.165) is 5.69 Å². The van der Waals surface area contributed by atoms with Crippen LogP contribution in [0.3, 0.4) is 0 Å². The Kier molecular flexibility index (Phi) is 3.32. The lowest BCUT2D eigenvalue weighted by Crippen LogP contribution is -2.07. The molecule has 0 aliphatic rings. The van der Waals surface area contributed by atoms with Crippen LogP contribution in [-0.2, 0) is 4.74 Å². The minimum atomic E-state index is -0.424. The van der Waals surface area contributed by atoms with Crippen LogP contribution in [0.1, 0.15) is 23.1 Å². The first-order chi connectivity index (χ1) is 8.63. The van der Waals surface area contributed by atoms with E-state index in [0.29, 0.717) is 18.0 Å². The summed E-state index contributed by atoms with van der Waals surface area (Å²) in [6.07, 6.45) is 1.56. The summed E-state index contributed by atoms with van der Waals surface area (Å²) in [5, 5.41) is 9.24. The zero-order valence-corrected chi connectivity index (χ0v) is 10.3. The maximum atomic E-state index is 11.6. The number of carbonyl (C=O) groups is 1. The molecule has 0 fully saturated rings. The molecule has 0 saturated carbocycles. The van der Waals surface area contributed by atoms with Gasteiger partial charge in [-0.1, -0.05) is 0 Å². The molecule has 0 bridgehead atoms. The Bertz CT molecular complexity index is 558. The summed E-state index contributed by atoms with van der Waals surface area (Å²) in [6.45, 7) is 3.88. The van der Waals surface area contributed by atoms with E-state index in [4.69, 9.17) is 4.74 Å². The van der Waals surface area contributed by atoms with Gasteiger partial charge in [0.05, 0.1) is 12.3 Å². The molecule has 0 saturated heterocycles. The van der Waals surface area contributed by atoms with Gasteiger partial charge in [-0.15, -0.1) is 0 Å². The number of nitrogens with zero attached hydrogens (tertiary/aromatic N) is 2. The third kappa shape index (κ3) is 2.20. The highest BCUT2D eigenvalue weighted by Gasteiger charge is 2.16. The molecule has 2 rings (SSSR count). The minimum Gasteiger partial charge on any atom is -0.508 e. The number of phenols is 1. The van der Waals surface area contributed by atoms with Crippen LogP contribution in [-0.4, -0.2) is 27.2 Å². The van der Waals surface area contributed by atoms with Gasteiger partial charge in [0.2, 0.25) is 0 Å². The third-order valence-electron chi connectivity index (χ3n) is 2.60. The Balaban J connectivity index is 2.36. The number of imidazole rings is 1. The molecule has 94 valence electrons. The van der Waals surface area contributed by atoms with Crippen molar-refractivity contribution >= 4 is 5.97 Å². The van der Waals surface area contributed by atoms with Gasteiger partial charge in [-0.25, -0.2) is 9.78 Å². The molecule has 1 aromatic carbocycles. The van der Waals surface area contributed by atoms with Crippen LogP contribution < -0.4 is 0 Å². The molecule has 1 N–H and O–H groups in total. The second-order valence-corrected chi connectivity index (χ2v) is 3.79. The van der Waals surface area contributed by atoms with E-state index >= 15 is 0 Å². The average Bonchev–Trinajstić information content (AvgIpc) is 2.73. The highest BCUT2D eigenvalue weighted by Crippen LogP contribution is 2.17. The summed E-state index contributed by atoms with van der Waals surface area (Å²) < 4.78 is 6.69. The quantitative estimate of drug-likeness (QED) is 0.842. The van der Waals surface area contributed by atoms with Crippen LogP contribution in [0.15, 0.2) is 30.6 Å². The van der Waals surface area contributed by atoms with Crippen LogP contribution >= 0.6 is 0 Å². The predicted molar refractivity (Wildman–Crippen MR) is 65.9 cm³/mol. The van der Waals surface area contributed by atoms with Gasteiger partial charge in [0, 0.05) is 5.69 Å². The Morgan fingerprint density at radius 1 is 1.39 bits per heavy atom. The lowest BCUT2D eigenvalue weighted by atomic mass is 10.3. The highest BCUT2D eigenvalue weighted by molar-refractivity contribution is 5.88. The Morgan fingerprint density at radius 3 is 2.67 bits per heavy atom. The van der Waals surface area contributed by atoms with Crippen molar-refractivity contribution in [1.82, 2.24) is 9.55 Å². The number of phenolic OH excluding ortho intramolecular Hbond substituents is 1. The molecule has 5 heteroatoms. The van der Waals surface area contributed by atoms with Gasteiger partial charge < -0.3 is 14.4 Å². The molecule has 0 aliphatic heterocycles. The van der Waals surface area contributed by atoms with Crippen molar-refractivity contribution in [3.8, 4) is 11.4 Å². The first-order valence-corrected chi connectivity index (χ1v) is 5.64. The Hall–Kier alpha value is -2.30. The van der Waals surface area contributed by atoms with Crippen LogP contribution in [0.25, 0.3) is 5.69 Å². The Labute approximate surface area is 105 Å². The predicted octanol–water partition coefficient (Wildman–Crippen LogP) is 2.06. The number of carbonyl (C=O) groups excluding carboxylic acids is 1. The SMILES string of the molecule is CCOC(=O)c1ncn(-c2ccc(O)cc2)c1C. The number of esters is 1. The lowest BCUT2D eigenvalue weighted by Gasteiger charge is -2.05. The molecule has 0 atom stereocenters. The highest BCUT2D eigenvalue weighted by atomic mass is 16.5. The van der Waals surface area contributed by atoms with Gasteiger partial charge in [0.15, 0.2) is 5.69 Å². The summed E-state index contributed by atoms with van der Waals surface area (Å²) in [5.41, 5.74) is 1.84. The molecular weight excluding hydrogens is 232 g/mol. The first-order valence-electron chi connectivity index (χ1n) is 5.64. The normalized spacial score (nSPS) is 10.3. The van der Waals surface area contributed by atoms with E-state index in [-0.39, 0.29) is 5.75 Å². The van der Waals surface area contributed by atoms with Crippen LogP contribution in [0.4, 0.5) is 0 Å². The fourth-order valence-corrected chi connectivity index (χ4v) is 1.68. The van der Waals surface area contributed by atoms with Crippen molar-refractivity contribution < 1.29 is 14.6 Å². The lowest BCUT2D eigenvalue weighted by molar-refractivity contribution is 0.0519. The van der Waals surface area contributed by atoms with Gasteiger partial charge in [-0.2, -0.15) is 0 Å². The topological polar surface area (TPSA) is 64.3 Å². The van der Waals surface area contributed by atoms with Crippen LogP contribution in [0.5, 0.6) is 5.75 Å². The summed E-state index contributed by atoms with van der Waals surface area (Å²) in [7, 11) is 0. The molecule has 0 unspecified atom stereocenters. The maximum absolute atomic E-state index is 11.6. The van der Waals surface area contributed by atoms with E-state index in [1.54, 1.807) is 49.0 Å². The van der Waals surface area contributed by atoms with Gasteiger partial charge in [0.25, 0.3) is 0 Å². The molecule has 0 radical (unpaired) electrons. The molecule has 0 aliphatic carbocycles. The van der Waals surface area contributed by atoms with E-state index in [1.807, 2.05) is 0 Å². The minimum absolute atomic E-state index is 0.196. The summed E-state index contributed by atoms with van der Waals surface area (Å²) in [5.74, 6) is -0.227. The molecular formula is C13H14N2O3. The fourth-order valence-electron chi connectivity index (χ4n) is 1.68. The van der Waals surface area contributed by atoms with Gasteiger partial charge in [-0.05, 0) is 38.1 Å². The molecule has 18 heavy (non-hydrogen) atoms. The number of aromatic nitrogens is 2. The van der Waals surface area contributed by atoms with Crippen molar-refractivity contribution in [2.24, 2.45) is 0 Å². The molecule has 1 aromatic heterocycles. The largest absolute Gasteiger partial charge is 0.508 e. The monoisotopic (exact) mass is 246 g/mol. The van der Waals surface area contributed by atoms with Crippen LogP contribution in [0, 0.1) is 6.92 Å². The van der Waals surface area contributed by atoms with Crippen molar-refractivity contribution in [1.29, 1.82) is 0 Å². The molecule has 0 spiro atoms. The van der Waals surface area contributed by atoms with Gasteiger partial charge >= 0.3 is 5.97 Å². The number of rotatable bonds is 3. The van der Waals surface area contributed by atoms with Crippen molar-refractivity contribution in [2.45, 2.75) is 13.8 Å².